The third-order valence-corrected chi connectivity index (χ3v) is 5.70. The fraction of sp³-hybridized carbons (Fsp3) is 0.444. The van der Waals surface area contributed by atoms with Gasteiger partial charge in [-0.2, -0.15) is 5.10 Å². The average molecular weight is 471 g/mol. The van der Waals surface area contributed by atoms with Gasteiger partial charge >= 0.3 is 0 Å². The van der Waals surface area contributed by atoms with Crippen molar-refractivity contribution in [3.8, 4) is 16.9 Å². The molecular formula is C18H21Br2N3O2. The Morgan fingerprint density at radius 2 is 2.04 bits per heavy atom. The summed E-state index contributed by atoms with van der Waals surface area (Å²) in [7, 11) is 0. The van der Waals surface area contributed by atoms with Crippen LogP contribution in [0.2, 0.25) is 0 Å². The van der Waals surface area contributed by atoms with Gasteiger partial charge in [0.25, 0.3) is 5.56 Å². The third-order valence-electron chi connectivity index (χ3n) is 4.52. The Labute approximate surface area is 164 Å². The Morgan fingerprint density at radius 3 is 2.68 bits per heavy atom. The first kappa shape index (κ1) is 18.6. The molecule has 1 aromatic heterocycles. The summed E-state index contributed by atoms with van der Waals surface area (Å²) in [6.07, 6.45) is 5.24. The minimum absolute atomic E-state index is 0.221. The summed E-state index contributed by atoms with van der Waals surface area (Å²) in [6, 6.07) is 6.11. The summed E-state index contributed by atoms with van der Waals surface area (Å²) in [6.45, 7) is 5.25. The minimum atomic E-state index is -0.221. The summed E-state index contributed by atoms with van der Waals surface area (Å²) >= 11 is 7.14. The number of hydrogen-bond acceptors (Lipinski definition) is 4. The maximum Gasteiger partial charge on any atom is 0.264 e. The van der Waals surface area contributed by atoms with E-state index in [1.54, 1.807) is 6.20 Å². The number of rotatable bonds is 6. The van der Waals surface area contributed by atoms with Crippen molar-refractivity contribution in [3.63, 3.8) is 0 Å². The van der Waals surface area contributed by atoms with E-state index in [1.807, 2.05) is 12.1 Å². The van der Waals surface area contributed by atoms with Crippen LogP contribution < -0.4 is 10.3 Å². The van der Waals surface area contributed by atoms with Crippen LogP contribution in [-0.2, 0) is 0 Å². The average Bonchev–Trinajstić information content (AvgIpc) is 2.98. The molecule has 0 amide bonds. The minimum Gasteiger partial charge on any atom is -0.491 e. The van der Waals surface area contributed by atoms with Gasteiger partial charge in [0.1, 0.15) is 5.75 Å². The topological polar surface area (TPSA) is 58.2 Å². The van der Waals surface area contributed by atoms with E-state index in [0.29, 0.717) is 12.6 Å². The van der Waals surface area contributed by atoms with Gasteiger partial charge in [-0.1, -0.05) is 0 Å². The first-order chi connectivity index (χ1) is 12.0. The van der Waals surface area contributed by atoms with Gasteiger partial charge in [0.15, 0.2) is 0 Å². The van der Waals surface area contributed by atoms with E-state index in [9.17, 15) is 4.79 Å². The van der Waals surface area contributed by atoms with Crippen molar-refractivity contribution in [2.45, 2.75) is 32.2 Å². The number of halogens is 2. The molecule has 0 aliphatic carbocycles. The van der Waals surface area contributed by atoms with E-state index in [4.69, 9.17) is 4.74 Å². The van der Waals surface area contributed by atoms with E-state index < -0.39 is 0 Å². The molecule has 1 aliphatic rings. The van der Waals surface area contributed by atoms with Gasteiger partial charge in [-0.15, -0.1) is 0 Å². The van der Waals surface area contributed by atoms with E-state index in [2.05, 4.69) is 53.9 Å². The smallest absolute Gasteiger partial charge is 0.264 e. The summed E-state index contributed by atoms with van der Waals surface area (Å²) < 4.78 is 7.68. The molecule has 0 saturated carbocycles. The predicted octanol–water partition coefficient (Wildman–Crippen LogP) is 4.22. The van der Waals surface area contributed by atoms with Crippen molar-refractivity contribution in [1.29, 1.82) is 0 Å². The zero-order valence-corrected chi connectivity index (χ0v) is 17.3. The maximum atomic E-state index is 11.4. The van der Waals surface area contributed by atoms with E-state index >= 15 is 0 Å². The lowest BCUT2D eigenvalue weighted by Gasteiger charge is -2.21. The zero-order valence-electron chi connectivity index (χ0n) is 14.1. The Balaban J connectivity index is 1.63. The monoisotopic (exact) mass is 469 g/mol. The van der Waals surface area contributed by atoms with Gasteiger partial charge in [-0.05, 0) is 82.3 Å². The van der Waals surface area contributed by atoms with Crippen molar-refractivity contribution in [2.75, 3.05) is 19.7 Å². The highest BCUT2D eigenvalue weighted by Crippen LogP contribution is 2.37. The van der Waals surface area contributed by atoms with Crippen molar-refractivity contribution in [3.05, 3.63) is 43.7 Å². The molecule has 0 bridgehead atoms. The molecule has 5 nitrogen and oxygen atoms in total. The number of likely N-dealkylation sites (tertiary alicyclic amines) is 1. The molecule has 1 N–H and O–H groups in total. The molecule has 1 saturated heterocycles. The number of nitrogens with zero attached hydrogens (tertiary/aromatic N) is 2. The van der Waals surface area contributed by atoms with E-state index in [0.717, 1.165) is 38.8 Å². The van der Waals surface area contributed by atoms with Gasteiger partial charge in [0.05, 0.1) is 21.7 Å². The standard InChI is InChI=1S/C18H21Br2N3O2/c1-12-4-2-5-23(12)6-3-7-25-18-15(19)8-13(9-16(18)20)14-10-17(24)22-21-11-14/h8-12H,2-7H2,1H3,(H,22,24)/t12-/m1/s1. The second-order valence-electron chi connectivity index (χ2n) is 6.33. The number of benzene rings is 1. The first-order valence-electron chi connectivity index (χ1n) is 8.45. The number of H-pyrrole nitrogens is 1. The van der Waals surface area contributed by atoms with Gasteiger partial charge in [-0.25, -0.2) is 5.10 Å². The quantitative estimate of drug-likeness (QED) is 0.642. The van der Waals surface area contributed by atoms with Gasteiger partial charge < -0.3 is 9.64 Å². The van der Waals surface area contributed by atoms with Crippen LogP contribution in [0.5, 0.6) is 5.75 Å². The number of aromatic nitrogens is 2. The highest BCUT2D eigenvalue weighted by molar-refractivity contribution is 9.11. The highest BCUT2D eigenvalue weighted by Gasteiger charge is 2.19. The number of ether oxygens (including phenoxy) is 1. The van der Waals surface area contributed by atoms with Crippen LogP contribution in [0.15, 0.2) is 38.1 Å². The van der Waals surface area contributed by atoms with Gasteiger partial charge in [0, 0.05) is 24.2 Å². The Kier molecular flexibility index (Phi) is 6.30. The zero-order chi connectivity index (χ0) is 17.8. The molecule has 1 atom stereocenters. The second-order valence-corrected chi connectivity index (χ2v) is 8.04. The molecule has 1 aromatic carbocycles. The molecule has 7 heteroatoms. The van der Waals surface area contributed by atoms with Crippen molar-refractivity contribution < 1.29 is 4.74 Å². The van der Waals surface area contributed by atoms with Crippen LogP contribution >= 0.6 is 31.9 Å². The van der Waals surface area contributed by atoms with Crippen LogP contribution in [0, 0.1) is 0 Å². The molecule has 25 heavy (non-hydrogen) atoms. The highest BCUT2D eigenvalue weighted by atomic mass is 79.9. The molecule has 0 unspecified atom stereocenters. The lowest BCUT2D eigenvalue weighted by atomic mass is 10.1. The van der Waals surface area contributed by atoms with Crippen LogP contribution in [0.4, 0.5) is 0 Å². The third kappa shape index (κ3) is 4.71. The molecule has 1 fully saturated rings. The summed E-state index contributed by atoms with van der Waals surface area (Å²) in [5, 5.41) is 6.23. The Hall–Kier alpha value is -1.18. The van der Waals surface area contributed by atoms with Crippen molar-refractivity contribution in [1.82, 2.24) is 15.1 Å². The molecule has 2 aromatic rings. The largest absolute Gasteiger partial charge is 0.491 e. The van der Waals surface area contributed by atoms with Crippen LogP contribution in [0.25, 0.3) is 11.1 Å². The van der Waals surface area contributed by atoms with Crippen molar-refractivity contribution >= 4 is 31.9 Å². The second kappa shape index (κ2) is 8.47. The normalized spacial score (nSPS) is 17.8. The maximum absolute atomic E-state index is 11.4. The van der Waals surface area contributed by atoms with Crippen LogP contribution in [0.1, 0.15) is 26.2 Å². The molecule has 3 rings (SSSR count). The van der Waals surface area contributed by atoms with Crippen LogP contribution in [-0.4, -0.2) is 40.8 Å². The molecule has 1 aliphatic heterocycles. The number of hydrogen-bond donors (Lipinski definition) is 1. The summed E-state index contributed by atoms with van der Waals surface area (Å²) in [5.74, 6) is 0.788. The fourth-order valence-corrected chi connectivity index (χ4v) is 4.58. The van der Waals surface area contributed by atoms with E-state index in [-0.39, 0.29) is 5.56 Å². The Bertz CT molecular complexity index is 771. The molecule has 2 heterocycles. The number of aromatic amines is 1. The van der Waals surface area contributed by atoms with E-state index in [1.165, 1.54) is 25.5 Å². The lowest BCUT2D eigenvalue weighted by Crippen LogP contribution is -2.28. The summed E-state index contributed by atoms with van der Waals surface area (Å²) in [4.78, 5) is 14.0. The molecular weight excluding hydrogens is 450 g/mol. The Morgan fingerprint density at radius 1 is 1.28 bits per heavy atom. The number of nitrogens with one attached hydrogen (secondary N) is 1. The molecule has 0 radical (unpaired) electrons. The van der Waals surface area contributed by atoms with Crippen LogP contribution in [0.3, 0.4) is 0 Å². The van der Waals surface area contributed by atoms with Crippen molar-refractivity contribution in [2.24, 2.45) is 0 Å². The summed E-state index contributed by atoms with van der Waals surface area (Å²) in [5.41, 5.74) is 1.44. The predicted molar refractivity (Wildman–Crippen MR) is 106 cm³/mol. The van der Waals surface area contributed by atoms with Gasteiger partial charge in [-0.3, -0.25) is 4.79 Å². The lowest BCUT2D eigenvalue weighted by molar-refractivity contribution is 0.229. The SMILES string of the molecule is C[C@@H]1CCCN1CCCOc1c(Br)cc(-c2cn[nH]c(=O)c2)cc1Br. The fourth-order valence-electron chi connectivity index (χ4n) is 3.17. The molecule has 0 spiro atoms. The van der Waals surface area contributed by atoms with Gasteiger partial charge in [0.2, 0.25) is 0 Å². The first-order valence-corrected chi connectivity index (χ1v) is 10.0. The molecule has 134 valence electrons.